The first kappa shape index (κ1) is 8.33. The standard InChI is InChI=1S/C7H13NO3/c1-6-5-11-4-3-8(6)7(9)10-2/h6H,3-5H2,1-2H3. The summed E-state index contributed by atoms with van der Waals surface area (Å²) in [6.07, 6.45) is -0.263. The van der Waals surface area contributed by atoms with Crippen LogP contribution in [0.15, 0.2) is 0 Å². The Bertz CT molecular complexity index is 149. The molecule has 1 aliphatic rings. The average Bonchev–Trinajstić information content (AvgIpc) is 2.04. The van der Waals surface area contributed by atoms with Crippen LogP contribution in [0, 0.1) is 0 Å². The molecule has 0 aromatic rings. The highest BCUT2D eigenvalue weighted by Crippen LogP contribution is 2.06. The summed E-state index contributed by atoms with van der Waals surface area (Å²) in [5, 5.41) is 0. The molecule has 0 N–H and O–H groups in total. The molecule has 4 nitrogen and oxygen atoms in total. The lowest BCUT2D eigenvalue weighted by molar-refractivity contribution is 0.00172. The molecule has 1 aliphatic heterocycles. The van der Waals surface area contributed by atoms with Crippen LogP contribution in [0.1, 0.15) is 6.92 Å². The van der Waals surface area contributed by atoms with Crippen molar-refractivity contribution in [3.8, 4) is 0 Å². The van der Waals surface area contributed by atoms with E-state index >= 15 is 0 Å². The van der Waals surface area contributed by atoms with Gasteiger partial charge in [0.2, 0.25) is 0 Å². The van der Waals surface area contributed by atoms with Crippen molar-refractivity contribution < 1.29 is 14.3 Å². The molecule has 0 bridgehead atoms. The third-order valence-corrected chi connectivity index (χ3v) is 1.78. The fourth-order valence-electron chi connectivity index (χ4n) is 1.12. The van der Waals surface area contributed by atoms with Gasteiger partial charge >= 0.3 is 6.09 Å². The number of carbonyl (C=O) groups excluding carboxylic acids is 1. The van der Waals surface area contributed by atoms with Crippen LogP contribution in [-0.2, 0) is 9.47 Å². The Hall–Kier alpha value is -0.770. The van der Waals surface area contributed by atoms with Gasteiger partial charge in [-0.25, -0.2) is 4.79 Å². The molecule has 0 aromatic carbocycles. The van der Waals surface area contributed by atoms with Crippen molar-refractivity contribution >= 4 is 6.09 Å². The maximum Gasteiger partial charge on any atom is 0.409 e. The number of hydrogen-bond acceptors (Lipinski definition) is 3. The van der Waals surface area contributed by atoms with Gasteiger partial charge in [-0.3, -0.25) is 0 Å². The van der Waals surface area contributed by atoms with E-state index in [9.17, 15) is 4.79 Å². The van der Waals surface area contributed by atoms with E-state index in [1.54, 1.807) is 4.90 Å². The molecule has 1 rings (SSSR count). The molecule has 0 aromatic heterocycles. The first-order valence-electron chi connectivity index (χ1n) is 3.68. The first-order chi connectivity index (χ1) is 5.25. The van der Waals surface area contributed by atoms with Gasteiger partial charge in [-0.2, -0.15) is 0 Å². The lowest BCUT2D eigenvalue weighted by Crippen LogP contribution is -2.46. The Kier molecular flexibility index (Phi) is 2.70. The van der Waals surface area contributed by atoms with E-state index in [4.69, 9.17) is 4.74 Å². The largest absolute Gasteiger partial charge is 0.453 e. The van der Waals surface area contributed by atoms with Gasteiger partial charge in [0.15, 0.2) is 0 Å². The Morgan fingerprint density at radius 3 is 3.00 bits per heavy atom. The van der Waals surface area contributed by atoms with Gasteiger partial charge in [0, 0.05) is 6.54 Å². The Morgan fingerprint density at radius 2 is 2.45 bits per heavy atom. The molecule has 1 fully saturated rings. The van der Waals surface area contributed by atoms with Gasteiger partial charge in [-0.1, -0.05) is 0 Å². The van der Waals surface area contributed by atoms with E-state index in [2.05, 4.69) is 4.74 Å². The second-order valence-electron chi connectivity index (χ2n) is 2.59. The summed E-state index contributed by atoms with van der Waals surface area (Å²) in [6.45, 7) is 3.79. The minimum atomic E-state index is -0.263. The van der Waals surface area contributed by atoms with Crippen LogP contribution in [-0.4, -0.2) is 43.9 Å². The molecule has 1 saturated heterocycles. The van der Waals surface area contributed by atoms with Crippen LogP contribution >= 0.6 is 0 Å². The SMILES string of the molecule is COC(=O)N1CCOCC1C. The average molecular weight is 159 g/mol. The van der Waals surface area contributed by atoms with Crippen molar-refractivity contribution in [1.82, 2.24) is 4.90 Å². The second kappa shape index (κ2) is 3.57. The maximum atomic E-state index is 11.0. The van der Waals surface area contributed by atoms with Crippen molar-refractivity contribution in [2.45, 2.75) is 13.0 Å². The van der Waals surface area contributed by atoms with Crippen molar-refractivity contribution in [3.63, 3.8) is 0 Å². The summed E-state index contributed by atoms with van der Waals surface area (Å²) in [5.41, 5.74) is 0. The Labute approximate surface area is 66.1 Å². The molecule has 0 radical (unpaired) electrons. The predicted molar refractivity (Wildman–Crippen MR) is 39.4 cm³/mol. The Morgan fingerprint density at radius 1 is 1.73 bits per heavy atom. The number of ether oxygens (including phenoxy) is 2. The van der Waals surface area contributed by atoms with Crippen LogP contribution in [0.25, 0.3) is 0 Å². The second-order valence-corrected chi connectivity index (χ2v) is 2.59. The summed E-state index contributed by atoms with van der Waals surface area (Å²) >= 11 is 0. The van der Waals surface area contributed by atoms with E-state index in [-0.39, 0.29) is 12.1 Å². The van der Waals surface area contributed by atoms with Gasteiger partial charge in [0.05, 0.1) is 26.4 Å². The van der Waals surface area contributed by atoms with Gasteiger partial charge in [-0.05, 0) is 6.92 Å². The molecule has 64 valence electrons. The molecule has 0 saturated carbocycles. The summed E-state index contributed by atoms with van der Waals surface area (Å²) in [7, 11) is 1.39. The van der Waals surface area contributed by atoms with Crippen LogP contribution < -0.4 is 0 Å². The molecule has 0 aliphatic carbocycles. The molecule has 1 heterocycles. The minimum absolute atomic E-state index is 0.135. The van der Waals surface area contributed by atoms with Gasteiger partial charge in [-0.15, -0.1) is 0 Å². The smallest absolute Gasteiger partial charge is 0.409 e. The molecule has 4 heteroatoms. The van der Waals surface area contributed by atoms with Crippen molar-refractivity contribution in [3.05, 3.63) is 0 Å². The van der Waals surface area contributed by atoms with E-state index in [0.29, 0.717) is 19.8 Å². The highest BCUT2D eigenvalue weighted by molar-refractivity contribution is 5.67. The van der Waals surface area contributed by atoms with Crippen LogP contribution in [0.4, 0.5) is 4.79 Å². The number of carbonyl (C=O) groups is 1. The summed E-state index contributed by atoms with van der Waals surface area (Å²) < 4.78 is 9.75. The van der Waals surface area contributed by atoms with Gasteiger partial charge in [0.1, 0.15) is 0 Å². The number of methoxy groups -OCH3 is 1. The normalized spacial score (nSPS) is 24.9. The fraction of sp³-hybridized carbons (Fsp3) is 0.857. The quantitative estimate of drug-likeness (QED) is 0.516. The van der Waals surface area contributed by atoms with Crippen LogP contribution in [0.3, 0.4) is 0 Å². The number of morpholine rings is 1. The number of nitrogens with zero attached hydrogens (tertiary/aromatic N) is 1. The number of rotatable bonds is 0. The molecular weight excluding hydrogens is 146 g/mol. The summed E-state index contributed by atoms with van der Waals surface area (Å²) in [5.74, 6) is 0. The van der Waals surface area contributed by atoms with Crippen molar-refractivity contribution in [2.24, 2.45) is 0 Å². The summed E-state index contributed by atoms with van der Waals surface area (Å²) in [4.78, 5) is 12.7. The molecule has 1 atom stereocenters. The molecule has 0 spiro atoms. The van der Waals surface area contributed by atoms with Crippen molar-refractivity contribution in [1.29, 1.82) is 0 Å². The molecule has 11 heavy (non-hydrogen) atoms. The number of amides is 1. The first-order valence-corrected chi connectivity index (χ1v) is 3.68. The van der Waals surface area contributed by atoms with Crippen LogP contribution in [0.2, 0.25) is 0 Å². The van der Waals surface area contributed by atoms with Gasteiger partial charge < -0.3 is 14.4 Å². The fourth-order valence-corrected chi connectivity index (χ4v) is 1.12. The van der Waals surface area contributed by atoms with Crippen LogP contribution in [0.5, 0.6) is 0 Å². The van der Waals surface area contributed by atoms with E-state index < -0.39 is 0 Å². The maximum absolute atomic E-state index is 11.0. The zero-order valence-electron chi connectivity index (χ0n) is 6.87. The molecular formula is C7H13NO3. The Balaban J connectivity index is 2.47. The zero-order valence-corrected chi connectivity index (χ0v) is 6.87. The molecule has 1 amide bonds. The lowest BCUT2D eigenvalue weighted by atomic mass is 10.3. The van der Waals surface area contributed by atoms with Gasteiger partial charge in [0.25, 0.3) is 0 Å². The van der Waals surface area contributed by atoms with Crippen molar-refractivity contribution in [2.75, 3.05) is 26.9 Å². The third kappa shape index (κ3) is 1.83. The van der Waals surface area contributed by atoms with E-state index in [1.807, 2.05) is 6.92 Å². The van der Waals surface area contributed by atoms with E-state index in [1.165, 1.54) is 7.11 Å². The van der Waals surface area contributed by atoms with E-state index in [0.717, 1.165) is 0 Å². The highest BCUT2D eigenvalue weighted by atomic mass is 16.5. The minimum Gasteiger partial charge on any atom is -0.453 e. The third-order valence-electron chi connectivity index (χ3n) is 1.78. The monoisotopic (exact) mass is 159 g/mol. The lowest BCUT2D eigenvalue weighted by Gasteiger charge is -2.31. The topological polar surface area (TPSA) is 38.8 Å². The highest BCUT2D eigenvalue weighted by Gasteiger charge is 2.23. The zero-order chi connectivity index (χ0) is 8.27. The summed E-state index contributed by atoms with van der Waals surface area (Å²) in [6, 6.07) is 0.135. The number of hydrogen-bond donors (Lipinski definition) is 0. The molecule has 1 unspecified atom stereocenters. The predicted octanol–water partition coefficient (Wildman–Crippen LogP) is 0.473.